The summed E-state index contributed by atoms with van der Waals surface area (Å²) >= 11 is 0. The summed E-state index contributed by atoms with van der Waals surface area (Å²) in [5, 5.41) is 0. The zero-order chi connectivity index (χ0) is 15.0. The minimum Gasteiger partial charge on any atom is -0.490 e. The average Bonchev–Trinajstić information content (AvgIpc) is 2.43. The molecule has 0 amide bonds. The van der Waals surface area contributed by atoms with Gasteiger partial charge in [0.05, 0.1) is 24.6 Å². The van der Waals surface area contributed by atoms with Crippen LogP contribution < -0.4 is 15.4 Å². The van der Waals surface area contributed by atoms with Crippen molar-refractivity contribution in [3.8, 4) is 5.75 Å². The summed E-state index contributed by atoms with van der Waals surface area (Å²) in [6, 6.07) is 3.00. The highest BCUT2D eigenvalue weighted by molar-refractivity contribution is 5.70. The fourth-order valence-electron chi connectivity index (χ4n) is 1.92. The van der Waals surface area contributed by atoms with E-state index in [1.807, 2.05) is 20.8 Å². The molecule has 0 saturated carbocycles. The van der Waals surface area contributed by atoms with Crippen LogP contribution in [0.5, 0.6) is 5.75 Å². The van der Waals surface area contributed by atoms with Crippen LogP contribution in [0.15, 0.2) is 12.1 Å². The molecule has 114 valence electrons. The average molecular weight is 284 g/mol. The van der Waals surface area contributed by atoms with Crippen molar-refractivity contribution in [3.05, 3.63) is 17.9 Å². The van der Waals surface area contributed by atoms with E-state index in [1.54, 1.807) is 6.07 Å². The summed E-state index contributed by atoms with van der Waals surface area (Å²) in [6.45, 7) is 9.25. The second-order valence-electron chi connectivity index (χ2n) is 4.47. The van der Waals surface area contributed by atoms with Crippen molar-refractivity contribution in [2.45, 2.75) is 27.2 Å². The highest BCUT2D eigenvalue weighted by Crippen LogP contribution is 2.31. The van der Waals surface area contributed by atoms with Gasteiger partial charge < -0.3 is 20.1 Å². The van der Waals surface area contributed by atoms with Gasteiger partial charge >= 0.3 is 0 Å². The van der Waals surface area contributed by atoms with Gasteiger partial charge in [0.25, 0.3) is 0 Å². The van der Waals surface area contributed by atoms with Crippen molar-refractivity contribution in [2.75, 3.05) is 43.5 Å². The van der Waals surface area contributed by atoms with Gasteiger partial charge in [0, 0.05) is 31.8 Å². The second-order valence-corrected chi connectivity index (χ2v) is 4.47. The van der Waals surface area contributed by atoms with Gasteiger partial charge in [0.1, 0.15) is 0 Å². The Morgan fingerprint density at radius 1 is 1.20 bits per heavy atom. The van der Waals surface area contributed by atoms with Crippen LogP contribution in [0.2, 0.25) is 0 Å². The van der Waals surface area contributed by atoms with Gasteiger partial charge in [-0.15, -0.1) is 0 Å². The topological polar surface area (TPSA) is 47.7 Å². The Kier molecular flexibility index (Phi) is 7.15. The number of nitrogen functional groups attached to an aromatic ring is 1. The first-order valence-electron chi connectivity index (χ1n) is 7.18. The molecule has 0 heterocycles. The lowest BCUT2D eigenvalue weighted by molar-refractivity contribution is 0.154. The van der Waals surface area contributed by atoms with E-state index in [2.05, 4.69) is 4.90 Å². The molecule has 2 N–H and O–H groups in total. The third-order valence-corrected chi connectivity index (χ3v) is 2.97. The molecule has 5 heteroatoms. The van der Waals surface area contributed by atoms with Crippen LogP contribution in [0.1, 0.15) is 27.2 Å². The molecular weight excluding hydrogens is 259 g/mol. The zero-order valence-electron chi connectivity index (χ0n) is 12.6. The molecule has 0 unspecified atom stereocenters. The molecular formula is C15H25FN2O2. The highest BCUT2D eigenvalue weighted by atomic mass is 19.1. The summed E-state index contributed by atoms with van der Waals surface area (Å²) in [6.07, 6.45) is 0.834. The smallest absolute Gasteiger partial charge is 0.167 e. The molecule has 0 bridgehead atoms. The van der Waals surface area contributed by atoms with Crippen molar-refractivity contribution in [1.29, 1.82) is 0 Å². The maximum Gasteiger partial charge on any atom is 0.167 e. The van der Waals surface area contributed by atoms with Gasteiger partial charge in [-0.1, -0.05) is 6.92 Å². The lowest BCUT2D eigenvalue weighted by Gasteiger charge is -2.25. The van der Waals surface area contributed by atoms with Crippen molar-refractivity contribution < 1.29 is 13.9 Å². The van der Waals surface area contributed by atoms with E-state index in [1.165, 1.54) is 6.07 Å². The highest BCUT2D eigenvalue weighted by Gasteiger charge is 2.13. The van der Waals surface area contributed by atoms with E-state index in [4.69, 9.17) is 15.2 Å². The minimum absolute atomic E-state index is 0.255. The number of rotatable bonds is 9. The lowest BCUT2D eigenvalue weighted by Crippen LogP contribution is -2.28. The van der Waals surface area contributed by atoms with Crippen LogP contribution in [0.4, 0.5) is 15.8 Å². The fraction of sp³-hybridized carbons (Fsp3) is 0.600. The molecule has 0 aliphatic rings. The molecule has 20 heavy (non-hydrogen) atoms. The van der Waals surface area contributed by atoms with Gasteiger partial charge in [-0.2, -0.15) is 0 Å². The number of anilines is 2. The molecule has 0 fully saturated rings. The summed E-state index contributed by atoms with van der Waals surface area (Å²) in [5.74, 6) is -0.161. The third kappa shape index (κ3) is 4.56. The third-order valence-electron chi connectivity index (χ3n) is 2.97. The predicted molar refractivity (Wildman–Crippen MR) is 81.0 cm³/mol. The van der Waals surface area contributed by atoms with Gasteiger partial charge in [-0.25, -0.2) is 4.39 Å². The van der Waals surface area contributed by atoms with Crippen LogP contribution in [-0.2, 0) is 4.74 Å². The van der Waals surface area contributed by atoms with E-state index < -0.39 is 5.82 Å². The monoisotopic (exact) mass is 284 g/mol. The molecule has 0 aromatic heterocycles. The number of hydrogen-bond acceptors (Lipinski definition) is 4. The van der Waals surface area contributed by atoms with Gasteiger partial charge in [-0.3, -0.25) is 0 Å². The Balaban J connectivity index is 2.89. The Morgan fingerprint density at radius 3 is 2.55 bits per heavy atom. The predicted octanol–water partition coefficient (Wildman–Crippen LogP) is 3.06. The van der Waals surface area contributed by atoms with E-state index >= 15 is 0 Å². The van der Waals surface area contributed by atoms with Gasteiger partial charge in [0.2, 0.25) is 0 Å². The van der Waals surface area contributed by atoms with Crippen LogP contribution in [0, 0.1) is 5.82 Å². The molecule has 0 spiro atoms. The Bertz CT molecular complexity index is 413. The first-order chi connectivity index (χ1) is 9.63. The molecule has 0 atom stereocenters. The molecule has 0 aliphatic carbocycles. The quantitative estimate of drug-likeness (QED) is 0.559. The van der Waals surface area contributed by atoms with E-state index in [0.717, 1.165) is 18.7 Å². The Morgan fingerprint density at radius 2 is 1.95 bits per heavy atom. The van der Waals surface area contributed by atoms with E-state index in [0.29, 0.717) is 32.1 Å². The molecule has 1 aromatic rings. The number of ether oxygens (including phenoxy) is 2. The van der Waals surface area contributed by atoms with Crippen LogP contribution in [-0.4, -0.2) is 32.9 Å². The number of nitrogens with two attached hydrogens (primary N) is 1. The normalized spacial score (nSPS) is 10.6. The second kappa shape index (κ2) is 8.64. The minimum atomic E-state index is -0.416. The van der Waals surface area contributed by atoms with Crippen molar-refractivity contribution >= 4 is 11.4 Å². The summed E-state index contributed by atoms with van der Waals surface area (Å²) in [4.78, 5) is 2.06. The van der Waals surface area contributed by atoms with Crippen molar-refractivity contribution in [1.82, 2.24) is 0 Å². The standard InChI is InChI=1S/C15H25FN2O2/c1-4-8-20-15-11-14(13(17)10-12(15)16)18(5-2)7-9-19-6-3/h10-11H,4-9,17H2,1-3H3. The lowest BCUT2D eigenvalue weighted by atomic mass is 10.2. The van der Waals surface area contributed by atoms with Crippen LogP contribution >= 0.6 is 0 Å². The van der Waals surface area contributed by atoms with E-state index in [9.17, 15) is 4.39 Å². The van der Waals surface area contributed by atoms with Gasteiger partial charge in [-0.05, 0) is 20.3 Å². The fourth-order valence-corrected chi connectivity index (χ4v) is 1.92. The first kappa shape index (κ1) is 16.6. The molecule has 0 aliphatic heterocycles. The molecule has 0 saturated heterocycles. The SMILES string of the molecule is CCCOc1cc(N(CC)CCOCC)c(N)cc1F. The maximum atomic E-state index is 13.8. The van der Waals surface area contributed by atoms with Crippen LogP contribution in [0.3, 0.4) is 0 Å². The molecule has 0 radical (unpaired) electrons. The maximum absolute atomic E-state index is 13.8. The summed E-state index contributed by atoms with van der Waals surface area (Å²) < 4.78 is 24.6. The number of halogens is 1. The van der Waals surface area contributed by atoms with Crippen molar-refractivity contribution in [3.63, 3.8) is 0 Å². The summed E-state index contributed by atoms with van der Waals surface area (Å²) in [5.41, 5.74) is 7.13. The number of likely N-dealkylation sites (N-methyl/N-ethyl adjacent to an activating group) is 1. The number of benzene rings is 1. The summed E-state index contributed by atoms with van der Waals surface area (Å²) in [7, 11) is 0. The Hall–Kier alpha value is -1.49. The van der Waals surface area contributed by atoms with Crippen molar-refractivity contribution in [2.24, 2.45) is 0 Å². The largest absolute Gasteiger partial charge is 0.490 e. The first-order valence-corrected chi connectivity index (χ1v) is 7.18. The molecule has 4 nitrogen and oxygen atoms in total. The number of nitrogens with zero attached hydrogens (tertiary/aromatic N) is 1. The zero-order valence-corrected chi connectivity index (χ0v) is 12.6. The molecule has 1 aromatic carbocycles. The van der Waals surface area contributed by atoms with Gasteiger partial charge in [0.15, 0.2) is 11.6 Å². The number of hydrogen-bond donors (Lipinski definition) is 1. The molecule has 1 rings (SSSR count). The van der Waals surface area contributed by atoms with E-state index in [-0.39, 0.29) is 5.75 Å². The Labute approximate surface area is 120 Å². The van der Waals surface area contributed by atoms with Crippen LogP contribution in [0.25, 0.3) is 0 Å².